The van der Waals surface area contributed by atoms with Gasteiger partial charge in [-0.1, -0.05) is 31.2 Å². The molecule has 2 rings (SSSR count). The van der Waals surface area contributed by atoms with Crippen molar-refractivity contribution >= 4 is 16.8 Å². The summed E-state index contributed by atoms with van der Waals surface area (Å²) in [6, 6.07) is 8.25. The van der Waals surface area contributed by atoms with Gasteiger partial charge in [0, 0.05) is 0 Å². The van der Waals surface area contributed by atoms with Crippen LogP contribution < -0.4 is 0 Å². The topological polar surface area (TPSA) is 17.1 Å². The summed E-state index contributed by atoms with van der Waals surface area (Å²) in [5, 5.41) is -0.288. The molecule has 1 aliphatic rings. The molecule has 0 amide bonds. The molecule has 1 unspecified atom stereocenters. The molecule has 0 bridgehead atoms. The van der Waals surface area contributed by atoms with Crippen LogP contribution in [0.2, 0.25) is 0 Å². The average molecular weight is 209 g/mol. The average Bonchev–Trinajstić information content (AvgIpc) is 3.00. The van der Waals surface area contributed by atoms with Crippen molar-refractivity contribution in [1.29, 1.82) is 0 Å². The molecule has 0 N–H and O–H groups in total. The molecule has 1 aromatic carbocycles. The predicted octanol–water partition coefficient (Wildman–Crippen LogP) is 3.43. The molecular weight excluding hydrogens is 196 g/mol. The van der Waals surface area contributed by atoms with E-state index in [0.29, 0.717) is 0 Å². The number of halogens is 1. The summed E-state index contributed by atoms with van der Waals surface area (Å²) in [6.07, 6.45) is 2.62. The number of rotatable bonds is 3. The third-order valence-corrected chi connectivity index (χ3v) is 3.15. The van der Waals surface area contributed by atoms with Crippen molar-refractivity contribution in [3.05, 3.63) is 35.4 Å². The smallest absolute Gasteiger partial charge is 0.228 e. The first-order valence-corrected chi connectivity index (χ1v) is 5.35. The summed E-state index contributed by atoms with van der Waals surface area (Å²) in [4.78, 5) is 10.9. The van der Waals surface area contributed by atoms with E-state index in [9.17, 15) is 4.79 Å². The van der Waals surface area contributed by atoms with Crippen LogP contribution in [0.25, 0.3) is 0 Å². The Bertz CT molecular complexity index is 338. The zero-order valence-electron chi connectivity index (χ0n) is 8.16. The SMILES string of the molecule is CC(C(=O)Cl)c1ccc(C2CC2)cc1. The van der Waals surface area contributed by atoms with E-state index in [-0.39, 0.29) is 11.2 Å². The van der Waals surface area contributed by atoms with Crippen LogP contribution in [0.3, 0.4) is 0 Å². The quantitative estimate of drug-likeness (QED) is 0.696. The second kappa shape index (κ2) is 3.74. The van der Waals surface area contributed by atoms with E-state index in [1.165, 1.54) is 18.4 Å². The van der Waals surface area contributed by atoms with Gasteiger partial charge in [0.25, 0.3) is 0 Å². The van der Waals surface area contributed by atoms with Gasteiger partial charge in [0.2, 0.25) is 5.24 Å². The molecule has 0 radical (unpaired) electrons. The van der Waals surface area contributed by atoms with Crippen LogP contribution in [0.1, 0.15) is 42.7 Å². The molecule has 0 aromatic heterocycles. The summed E-state index contributed by atoms with van der Waals surface area (Å²) >= 11 is 5.44. The Kier molecular flexibility index (Phi) is 2.60. The maximum atomic E-state index is 10.9. The molecule has 1 aromatic rings. The number of hydrogen-bond acceptors (Lipinski definition) is 1. The van der Waals surface area contributed by atoms with Crippen LogP contribution in [-0.4, -0.2) is 5.24 Å². The third kappa shape index (κ3) is 1.98. The van der Waals surface area contributed by atoms with E-state index in [4.69, 9.17) is 11.6 Å². The Labute approximate surface area is 89.1 Å². The lowest BCUT2D eigenvalue weighted by molar-refractivity contribution is -0.112. The minimum atomic E-state index is -0.288. The van der Waals surface area contributed by atoms with E-state index in [2.05, 4.69) is 12.1 Å². The van der Waals surface area contributed by atoms with Crippen LogP contribution in [0.15, 0.2) is 24.3 Å². The van der Waals surface area contributed by atoms with Crippen molar-refractivity contribution < 1.29 is 4.79 Å². The second-order valence-corrected chi connectivity index (χ2v) is 4.34. The highest BCUT2D eigenvalue weighted by molar-refractivity contribution is 6.64. The fourth-order valence-electron chi connectivity index (χ4n) is 1.60. The first kappa shape index (κ1) is 9.72. The van der Waals surface area contributed by atoms with Crippen LogP contribution in [0.5, 0.6) is 0 Å². The molecule has 0 heterocycles. The minimum Gasteiger partial charge on any atom is -0.281 e. The van der Waals surface area contributed by atoms with Gasteiger partial charge in [-0.25, -0.2) is 0 Å². The van der Waals surface area contributed by atoms with E-state index < -0.39 is 0 Å². The summed E-state index contributed by atoms with van der Waals surface area (Å²) in [5.74, 6) is 0.580. The van der Waals surface area contributed by atoms with Crippen molar-refractivity contribution in [3.63, 3.8) is 0 Å². The summed E-state index contributed by atoms with van der Waals surface area (Å²) in [5.41, 5.74) is 2.40. The molecule has 2 heteroatoms. The molecule has 1 atom stereocenters. The van der Waals surface area contributed by atoms with Gasteiger partial charge >= 0.3 is 0 Å². The van der Waals surface area contributed by atoms with E-state index in [1.807, 2.05) is 19.1 Å². The Morgan fingerprint density at radius 2 is 1.93 bits per heavy atom. The van der Waals surface area contributed by atoms with Crippen molar-refractivity contribution in [3.8, 4) is 0 Å². The van der Waals surface area contributed by atoms with E-state index in [1.54, 1.807) is 0 Å². The molecular formula is C12H13ClO. The molecule has 0 spiro atoms. The molecule has 1 fully saturated rings. The lowest BCUT2D eigenvalue weighted by atomic mass is 10.00. The van der Waals surface area contributed by atoms with Crippen LogP contribution >= 0.6 is 11.6 Å². The fraction of sp³-hybridized carbons (Fsp3) is 0.417. The highest BCUT2D eigenvalue weighted by Gasteiger charge is 2.23. The summed E-state index contributed by atoms with van der Waals surface area (Å²) in [6.45, 7) is 1.83. The highest BCUT2D eigenvalue weighted by atomic mass is 35.5. The standard InChI is InChI=1S/C12H13ClO/c1-8(12(13)14)9-2-4-10(5-3-9)11-6-7-11/h2-5,8,11H,6-7H2,1H3. The largest absolute Gasteiger partial charge is 0.281 e. The fourth-order valence-corrected chi connectivity index (χ4v) is 1.73. The number of benzene rings is 1. The summed E-state index contributed by atoms with van der Waals surface area (Å²) < 4.78 is 0. The molecule has 1 saturated carbocycles. The maximum Gasteiger partial charge on any atom is 0.228 e. The number of hydrogen-bond donors (Lipinski definition) is 0. The minimum absolute atomic E-state index is 0.190. The first-order chi connectivity index (χ1) is 6.68. The maximum absolute atomic E-state index is 10.9. The van der Waals surface area contributed by atoms with Crippen LogP contribution in [0.4, 0.5) is 0 Å². The van der Waals surface area contributed by atoms with Gasteiger partial charge in [0.15, 0.2) is 0 Å². The molecule has 74 valence electrons. The lowest BCUT2D eigenvalue weighted by Crippen LogP contribution is -2.01. The Morgan fingerprint density at radius 3 is 2.36 bits per heavy atom. The number of carbonyl (C=O) groups excluding carboxylic acids is 1. The Balaban J connectivity index is 2.16. The number of carbonyl (C=O) groups is 1. The van der Waals surface area contributed by atoms with Gasteiger partial charge in [-0.15, -0.1) is 0 Å². The lowest BCUT2D eigenvalue weighted by Gasteiger charge is -2.07. The van der Waals surface area contributed by atoms with Crippen molar-refractivity contribution in [2.24, 2.45) is 0 Å². The van der Waals surface area contributed by atoms with E-state index in [0.717, 1.165) is 11.5 Å². The third-order valence-electron chi connectivity index (χ3n) is 2.83. The first-order valence-electron chi connectivity index (χ1n) is 4.97. The van der Waals surface area contributed by atoms with Gasteiger partial charge in [-0.05, 0) is 41.5 Å². The van der Waals surface area contributed by atoms with Gasteiger partial charge in [-0.3, -0.25) is 4.79 Å². The van der Waals surface area contributed by atoms with E-state index >= 15 is 0 Å². The van der Waals surface area contributed by atoms with Crippen molar-refractivity contribution in [2.45, 2.75) is 31.6 Å². The molecule has 1 nitrogen and oxygen atoms in total. The summed E-state index contributed by atoms with van der Waals surface area (Å²) in [7, 11) is 0. The Hall–Kier alpha value is -0.820. The van der Waals surface area contributed by atoms with Crippen LogP contribution in [-0.2, 0) is 4.79 Å². The van der Waals surface area contributed by atoms with Crippen molar-refractivity contribution in [1.82, 2.24) is 0 Å². The van der Waals surface area contributed by atoms with Gasteiger partial charge in [0.1, 0.15) is 0 Å². The molecule has 1 aliphatic carbocycles. The molecule has 14 heavy (non-hydrogen) atoms. The molecule has 0 saturated heterocycles. The predicted molar refractivity (Wildman–Crippen MR) is 57.7 cm³/mol. The highest BCUT2D eigenvalue weighted by Crippen LogP contribution is 2.40. The van der Waals surface area contributed by atoms with Gasteiger partial charge in [-0.2, -0.15) is 0 Å². The van der Waals surface area contributed by atoms with Gasteiger partial charge < -0.3 is 0 Å². The normalized spacial score (nSPS) is 17.9. The molecule has 0 aliphatic heterocycles. The monoisotopic (exact) mass is 208 g/mol. The van der Waals surface area contributed by atoms with Crippen LogP contribution in [0, 0.1) is 0 Å². The zero-order chi connectivity index (χ0) is 10.1. The zero-order valence-corrected chi connectivity index (χ0v) is 8.92. The second-order valence-electron chi connectivity index (χ2n) is 3.97. The Morgan fingerprint density at radius 1 is 1.36 bits per heavy atom. The van der Waals surface area contributed by atoms with Gasteiger partial charge in [0.05, 0.1) is 5.92 Å². The van der Waals surface area contributed by atoms with Crippen molar-refractivity contribution in [2.75, 3.05) is 0 Å².